The summed E-state index contributed by atoms with van der Waals surface area (Å²) >= 11 is 0. The standard InChI is InChI=1S/C13H20FNO2/c1-13(2,3)12(16)11(15)8-6-5-7-9(17-4)10(8)14/h5-7,11-12,16H,15H2,1-4H3/t11-,12-/m0/s1. The van der Waals surface area contributed by atoms with Crippen molar-refractivity contribution in [3.05, 3.63) is 29.6 Å². The van der Waals surface area contributed by atoms with E-state index >= 15 is 0 Å². The first kappa shape index (κ1) is 13.9. The summed E-state index contributed by atoms with van der Waals surface area (Å²) in [6.07, 6.45) is -0.830. The van der Waals surface area contributed by atoms with Gasteiger partial charge in [-0.25, -0.2) is 4.39 Å². The summed E-state index contributed by atoms with van der Waals surface area (Å²) in [5, 5.41) is 10.1. The molecule has 3 nitrogen and oxygen atoms in total. The van der Waals surface area contributed by atoms with Gasteiger partial charge in [-0.2, -0.15) is 0 Å². The minimum absolute atomic E-state index is 0.138. The number of aliphatic hydroxyl groups excluding tert-OH is 1. The lowest BCUT2D eigenvalue weighted by Gasteiger charge is -2.31. The van der Waals surface area contributed by atoms with Crippen molar-refractivity contribution in [2.45, 2.75) is 32.9 Å². The number of ether oxygens (including phenoxy) is 1. The summed E-state index contributed by atoms with van der Waals surface area (Å²) in [5.74, 6) is -0.371. The first-order valence-electron chi connectivity index (χ1n) is 5.55. The van der Waals surface area contributed by atoms with Crippen molar-refractivity contribution >= 4 is 0 Å². The molecule has 0 spiro atoms. The molecule has 96 valence electrons. The third-order valence-corrected chi connectivity index (χ3v) is 2.80. The number of rotatable bonds is 3. The Morgan fingerprint density at radius 2 is 1.94 bits per heavy atom. The van der Waals surface area contributed by atoms with Crippen LogP contribution in [-0.4, -0.2) is 18.3 Å². The molecule has 0 radical (unpaired) electrons. The van der Waals surface area contributed by atoms with Gasteiger partial charge < -0.3 is 15.6 Å². The molecule has 0 amide bonds. The molecule has 1 aromatic carbocycles. The van der Waals surface area contributed by atoms with E-state index in [0.29, 0.717) is 0 Å². The quantitative estimate of drug-likeness (QED) is 0.853. The van der Waals surface area contributed by atoms with Crippen LogP contribution in [-0.2, 0) is 0 Å². The van der Waals surface area contributed by atoms with E-state index in [2.05, 4.69) is 0 Å². The zero-order valence-electron chi connectivity index (χ0n) is 10.7. The number of nitrogens with two attached hydrogens (primary N) is 1. The Balaban J connectivity index is 3.08. The molecule has 17 heavy (non-hydrogen) atoms. The first-order chi connectivity index (χ1) is 7.79. The van der Waals surface area contributed by atoms with Crippen LogP contribution < -0.4 is 10.5 Å². The van der Waals surface area contributed by atoms with Gasteiger partial charge in [-0.1, -0.05) is 32.9 Å². The number of benzene rings is 1. The smallest absolute Gasteiger partial charge is 0.169 e. The van der Waals surface area contributed by atoms with Crippen molar-refractivity contribution in [3.63, 3.8) is 0 Å². The normalized spacial score (nSPS) is 15.5. The Morgan fingerprint density at radius 3 is 2.41 bits per heavy atom. The highest BCUT2D eigenvalue weighted by atomic mass is 19.1. The molecule has 0 heterocycles. The average Bonchev–Trinajstić information content (AvgIpc) is 2.26. The van der Waals surface area contributed by atoms with Crippen LogP contribution in [0.15, 0.2) is 18.2 Å². The number of methoxy groups -OCH3 is 1. The summed E-state index contributed by atoms with van der Waals surface area (Å²) in [6.45, 7) is 5.57. The van der Waals surface area contributed by atoms with Gasteiger partial charge in [-0.15, -0.1) is 0 Å². The number of halogens is 1. The van der Waals surface area contributed by atoms with Crippen LogP contribution in [0.3, 0.4) is 0 Å². The van der Waals surface area contributed by atoms with E-state index in [9.17, 15) is 9.50 Å². The van der Waals surface area contributed by atoms with Gasteiger partial charge >= 0.3 is 0 Å². The van der Waals surface area contributed by atoms with Crippen molar-refractivity contribution in [2.24, 2.45) is 11.1 Å². The fourth-order valence-corrected chi connectivity index (χ4v) is 1.65. The second kappa shape index (κ2) is 5.02. The van der Waals surface area contributed by atoms with Crippen molar-refractivity contribution in [1.29, 1.82) is 0 Å². The van der Waals surface area contributed by atoms with E-state index in [1.165, 1.54) is 13.2 Å². The van der Waals surface area contributed by atoms with Crippen LogP contribution in [0.2, 0.25) is 0 Å². The summed E-state index contributed by atoms with van der Waals surface area (Å²) < 4.78 is 18.8. The number of hydrogen-bond donors (Lipinski definition) is 2. The molecule has 0 saturated heterocycles. The lowest BCUT2D eigenvalue weighted by atomic mass is 9.82. The third kappa shape index (κ3) is 2.96. The van der Waals surface area contributed by atoms with Crippen LogP contribution in [0.5, 0.6) is 5.75 Å². The summed E-state index contributed by atoms with van der Waals surface area (Å²) in [5.41, 5.74) is 5.77. The van der Waals surface area contributed by atoms with Gasteiger partial charge in [0.25, 0.3) is 0 Å². The molecule has 2 atom stereocenters. The van der Waals surface area contributed by atoms with Crippen molar-refractivity contribution in [3.8, 4) is 5.75 Å². The highest BCUT2D eigenvalue weighted by Gasteiger charge is 2.31. The van der Waals surface area contributed by atoms with Gasteiger partial charge in [0.2, 0.25) is 0 Å². The SMILES string of the molecule is COc1cccc([C@H](N)[C@H](O)C(C)(C)C)c1F. The van der Waals surface area contributed by atoms with Gasteiger partial charge in [-0.3, -0.25) is 0 Å². The first-order valence-corrected chi connectivity index (χ1v) is 5.55. The summed E-state index contributed by atoms with van der Waals surface area (Å²) in [7, 11) is 1.40. The molecule has 0 aliphatic heterocycles. The zero-order chi connectivity index (χ0) is 13.2. The molecule has 0 aromatic heterocycles. The Morgan fingerprint density at radius 1 is 1.35 bits per heavy atom. The monoisotopic (exact) mass is 241 g/mol. The average molecular weight is 241 g/mol. The van der Waals surface area contributed by atoms with Gasteiger partial charge in [0.15, 0.2) is 11.6 Å². The lowest BCUT2D eigenvalue weighted by Crippen LogP contribution is -2.37. The fraction of sp³-hybridized carbons (Fsp3) is 0.538. The van der Waals surface area contributed by atoms with Crippen LogP contribution in [0, 0.1) is 11.2 Å². The molecule has 1 rings (SSSR count). The molecular weight excluding hydrogens is 221 g/mol. The molecule has 0 bridgehead atoms. The van der Waals surface area contributed by atoms with Crippen molar-refractivity contribution in [2.75, 3.05) is 7.11 Å². The summed E-state index contributed by atoms with van der Waals surface area (Å²) in [6, 6.07) is 3.98. The predicted octanol–water partition coefficient (Wildman–Crippen LogP) is 2.24. The molecule has 1 aromatic rings. The Bertz CT molecular complexity index is 387. The van der Waals surface area contributed by atoms with Crippen molar-refractivity contribution < 1.29 is 14.2 Å². The second-order valence-electron chi connectivity index (χ2n) is 5.20. The molecule has 0 unspecified atom stereocenters. The Hall–Kier alpha value is -1.13. The minimum Gasteiger partial charge on any atom is -0.494 e. The number of hydrogen-bond acceptors (Lipinski definition) is 3. The highest BCUT2D eigenvalue weighted by Crippen LogP contribution is 2.32. The predicted molar refractivity (Wildman–Crippen MR) is 65.3 cm³/mol. The molecular formula is C13H20FNO2. The van der Waals surface area contributed by atoms with E-state index in [1.807, 2.05) is 20.8 Å². The van der Waals surface area contributed by atoms with E-state index < -0.39 is 23.4 Å². The Kier molecular flexibility index (Phi) is 4.11. The van der Waals surface area contributed by atoms with Gasteiger partial charge in [0.1, 0.15) is 0 Å². The van der Waals surface area contributed by atoms with Crippen LogP contribution in [0.25, 0.3) is 0 Å². The molecule has 0 fully saturated rings. The largest absolute Gasteiger partial charge is 0.494 e. The maximum absolute atomic E-state index is 14.0. The van der Waals surface area contributed by atoms with E-state index in [0.717, 1.165) is 0 Å². The minimum atomic E-state index is -0.830. The maximum Gasteiger partial charge on any atom is 0.169 e. The third-order valence-electron chi connectivity index (χ3n) is 2.80. The molecule has 0 saturated carbocycles. The van der Waals surface area contributed by atoms with Crippen LogP contribution in [0.4, 0.5) is 4.39 Å². The maximum atomic E-state index is 14.0. The Labute approximate surface area is 101 Å². The van der Waals surface area contributed by atoms with E-state index in [-0.39, 0.29) is 11.3 Å². The fourth-order valence-electron chi connectivity index (χ4n) is 1.65. The van der Waals surface area contributed by atoms with E-state index in [4.69, 9.17) is 10.5 Å². The molecule has 4 heteroatoms. The second-order valence-corrected chi connectivity index (χ2v) is 5.20. The van der Waals surface area contributed by atoms with Gasteiger partial charge in [0, 0.05) is 5.56 Å². The van der Waals surface area contributed by atoms with Crippen LogP contribution in [0.1, 0.15) is 32.4 Å². The summed E-state index contributed by atoms with van der Waals surface area (Å²) in [4.78, 5) is 0. The topological polar surface area (TPSA) is 55.5 Å². The zero-order valence-corrected chi connectivity index (χ0v) is 10.7. The highest BCUT2D eigenvalue weighted by molar-refractivity contribution is 5.33. The molecule has 0 aliphatic carbocycles. The number of aliphatic hydroxyl groups is 1. The van der Waals surface area contributed by atoms with E-state index in [1.54, 1.807) is 12.1 Å². The van der Waals surface area contributed by atoms with Gasteiger partial charge in [0.05, 0.1) is 19.3 Å². The lowest BCUT2D eigenvalue weighted by molar-refractivity contribution is 0.0390. The molecule has 3 N–H and O–H groups in total. The molecule has 0 aliphatic rings. The van der Waals surface area contributed by atoms with Crippen LogP contribution >= 0.6 is 0 Å². The van der Waals surface area contributed by atoms with Crippen molar-refractivity contribution in [1.82, 2.24) is 0 Å². The van der Waals surface area contributed by atoms with Gasteiger partial charge in [-0.05, 0) is 11.5 Å².